The predicted molar refractivity (Wildman–Crippen MR) is 145 cm³/mol. The van der Waals surface area contributed by atoms with Crippen LogP contribution in [0.15, 0.2) is 77.6 Å². The molecule has 0 unspecified atom stereocenters. The van der Waals surface area contributed by atoms with Crippen molar-refractivity contribution in [3.05, 3.63) is 111 Å². The Hall–Kier alpha value is -4.37. The van der Waals surface area contributed by atoms with Crippen molar-refractivity contribution in [2.24, 2.45) is 0 Å². The Morgan fingerprint density at radius 2 is 1.79 bits per heavy atom. The summed E-state index contributed by atoms with van der Waals surface area (Å²) in [6.45, 7) is 4.19. The fourth-order valence-electron chi connectivity index (χ4n) is 4.55. The summed E-state index contributed by atoms with van der Waals surface area (Å²) in [5.41, 5.74) is 3.75. The van der Waals surface area contributed by atoms with E-state index in [1.54, 1.807) is 16.7 Å². The number of fused-ring (bicyclic) bond motifs is 3. The second kappa shape index (κ2) is 10.9. The van der Waals surface area contributed by atoms with Crippen molar-refractivity contribution >= 4 is 22.6 Å². The normalized spacial score (nSPS) is 11.5. The van der Waals surface area contributed by atoms with Crippen LogP contribution in [-0.2, 0) is 13.1 Å². The lowest BCUT2D eigenvalue weighted by Crippen LogP contribution is -2.28. The summed E-state index contributed by atoms with van der Waals surface area (Å²) in [5.74, 6) is -0.870. The van der Waals surface area contributed by atoms with Gasteiger partial charge in [-0.25, -0.2) is 8.91 Å². The summed E-state index contributed by atoms with van der Waals surface area (Å²) >= 11 is 0. The van der Waals surface area contributed by atoms with E-state index < -0.39 is 11.5 Å². The second-order valence-electron chi connectivity index (χ2n) is 9.52. The van der Waals surface area contributed by atoms with Gasteiger partial charge in [-0.05, 0) is 67.9 Å². The highest BCUT2D eigenvalue weighted by atomic mass is 19.1. The minimum atomic E-state index is -0.434. The summed E-state index contributed by atoms with van der Waals surface area (Å²) in [7, 11) is 2.04. The number of carbonyl (C=O) groups is 1. The van der Waals surface area contributed by atoms with E-state index in [9.17, 15) is 14.0 Å². The fourth-order valence-corrected chi connectivity index (χ4v) is 4.55. The Labute approximate surface area is 219 Å². The number of rotatable bonds is 9. The van der Waals surface area contributed by atoms with Gasteiger partial charge in [0.2, 0.25) is 11.5 Å². The molecule has 5 rings (SSSR count). The Bertz CT molecular complexity index is 1660. The molecule has 1 N–H and O–H groups in total. The molecule has 8 nitrogen and oxygen atoms in total. The Morgan fingerprint density at radius 1 is 1.00 bits per heavy atom. The number of hydrogen-bond acceptors (Lipinski definition) is 5. The Kier molecular flexibility index (Phi) is 7.28. The zero-order valence-corrected chi connectivity index (χ0v) is 21.4. The molecule has 0 aliphatic rings. The smallest absolute Gasteiger partial charge is 0.296 e. The number of aryl methyl sites for hydroxylation is 1. The third kappa shape index (κ3) is 5.47. The zero-order chi connectivity index (χ0) is 26.6. The molecule has 194 valence electrons. The standard InChI is InChI=1S/C29H29FN6O2/c1-20-12-13-24-25(16-20)35(19-22-10-6-11-23(30)17-22)29(38)27-32-26(33-36(24)27)28(37)31-14-7-15-34(2)18-21-8-4-3-5-9-21/h3-6,8-13,16-17H,7,14-15,18-19H2,1-2H3,(H,31,37). The van der Waals surface area contributed by atoms with Gasteiger partial charge in [-0.2, -0.15) is 4.98 Å². The first-order chi connectivity index (χ1) is 18.4. The van der Waals surface area contributed by atoms with Gasteiger partial charge in [-0.3, -0.25) is 14.2 Å². The van der Waals surface area contributed by atoms with E-state index >= 15 is 0 Å². The maximum atomic E-state index is 13.8. The van der Waals surface area contributed by atoms with Gasteiger partial charge in [0.1, 0.15) is 5.82 Å². The number of nitrogens with one attached hydrogen (secondary N) is 1. The highest BCUT2D eigenvalue weighted by molar-refractivity contribution is 5.91. The summed E-state index contributed by atoms with van der Waals surface area (Å²) in [6.07, 6.45) is 0.755. The van der Waals surface area contributed by atoms with Gasteiger partial charge in [0.15, 0.2) is 0 Å². The van der Waals surface area contributed by atoms with Crippen molar-refractivity contribution in [2.45, 2.75) is 26.4 Å². The van der Waals surface area contributed by atoms with E-state index in [1.807, 2.05) is 50.4 Å². The lowest BCUT2D eigenvalue weighted by Gasteiger charge is -2.16. The number of halogens is 1. The zero-order valence-electron chi connectivity index (χ0n) is 21.4. The molecule has 0 atom stereocenters. The molecule has 0 spiro atoms. The molecule has 0 bridgehead atoms. The maximum absolute atomic E-state index is 13.8. The summed E-state index contributed by atoms with van der Waals surface area (Å²) < 4.78 is 16.8. The van der Waals surface area contributed by atoms with Gasteiger partial charge in [-0.15, -0.1) is 5.10 Å². The van der Waals surface area contributed by atoms with Crippen molar-refractivity contribution in [3.8, 4) is 0 Å². The number of carbonyl (C=O) groups excluding carboxylic acids is 1. The van der Waals surface area contributed by atoms with Crippen LogP contribution < -0.4 is 10.9 Å². The van der Waals surface area contributed by atoms with Gasteiger partial charge in [0, 0.05) is 13.1 Å². The number of aromatic nitrogens is 4. The highest BCUT2D eigenvalue weighted by Gasteiger charge is 2.19. The molecule has 2 aromatic heterocycles. The van der Waals surface area contributed by atoms with Crippen LogP contribution in [-0.4, -0.2) is 50.1 Å². The highest BCUT2D eigenvalue weighted by Crippen LogP contribution is 2.17. The minimum Gasteiger partial charge on any atom is -0.349 e. The topological polar surface area (TPSA) is 84.5 Å². The average molecular weight is 513 g/mol. The number of nitrogens with zero attached hydrogens (tertiary/aromatic N) is 5. The van der Waals surface area contributed by atoms with Gasteiger partial charge in [-0.1, -0.05) is 48.5 Å². The van der Waals surface area contributed by atoms with E-state index in [2.05, 4.69) is 32.4 Å². The molecule has 0 fully saturated rings. The van der Waals surface area contributed by atoms with Crippen LogP contribution in [0.5, 0.6) is 0 Å². The van der Waals surface area contributed by atoms with Crippen LogP contribution >= 0.6 is 0 Å². The van der Waals surface area contributed by atoms with Crippen LogP contribution in [0.4, 0.5) is 4.39 Å². The lowest BCUT2D eigenvalue weighted by atomic mass is 10.2. The largest absolute Gasteiger partial charge is 0.349 e. The Morgan fingerprint density at radius 3 is 2.58 bits per heavy atom. The number of benzene rings is 3. The number of hydrogen-bond donors (Lipinski definition) is 1. The molecule has 0 saturated carbocycles. The molecule has 5 aromatic rings. The van der Waals surface area contributed by atoms with Crippen LogP contribution in [0.3, 0.4) is 0 Å². The van der Waals surface area contributed by atoms with Gasteiger partial charge < -0.3 is 10.2 Å². The van der Waals surface area contributed by atoms with E-state index in [1.165, 1.54) is 22.2 Å². The molecule has 0 aliphatic carbocycles. The van der Waals surface area contributed by atoms with Crippen molar-refractivity contribution in [1.29, 1.82) is 0 Å². The third-order valence-electron chi connectivity index (χ3n) is 6.42. The summed E-state index contributed by atoms with van der Waals surface area (Å²) in [6, 6.07) is 22.0. The van der Waals surface area contributed by atoms with E-state index in [-0.39, 0.29) is 23.8 Å². The van der Waals surface area contributed by atoms with Crippen LogP contribution in [0.2, 0.25) is 0 Å². The maximum Gasteiger partial charge on any atom is 0.296 e. The predicted octanol–water partition coefficient (Wildman–Crippen LogP) is 3.79. The van der Waals surface area contributed by atoms with Crippen LogP contribution in [0, 0.1) is 12.7 Å². The molecule has 1 amide bonds. The number of amides is 1. The minimum absolute atomic E-state index is 0.0468. The van der Waals surface area contributed by atoms with Gasteiger partial charge >= 0.3 is 0 Å². The van der Waals surface area contributed by atoms with E-state index in [0.29, 0.717) is 23.1 Å². The van der Waals surface area contributed by atoms with Crippen LogP contribution in [0.1, 0.15) is 33.7 Å². The first kappa shape index (κ1) is 25.3. The fraction of sp³-hybridized carbons (Fsp3) is 0.241. The molecule has 2 heterocycles. The molecular weight excluding hydrogens is 483 g/mol. The van der Waals surface area contributed by atoms with Crippen molar-refractivity contribution in [1.82, 2.24) is 29.4 Å². The average Bonchev–Trinajstić information content (AvgIpc) is 3.36. The van der Waals surface area contributed by atoms with E-state index in [0.717, 1.165) is 25.1 Å². The lowest BCUT2D eigenvalue weighted by molar-refractivity contribution is 0.0942. The monoisotopic (exact) mass is 512 g/mol. The molecular formula is C29H29FN6O2. The first-order valence-electron chi connectivity index (χ1n) is 12.5. The first-order valence-corrected chi connectivity index (χ1v) is 12.5. The molecule has 0 aliphatic heterocycles. The van der Waals surface area contributed by atoms with Gasteiger partial charge in [0.25, 0.3) is 11.5 Å². The molecule has 3 aromatic carbocycles. The summed E-state index contributed by atoms with van der Waals surface area (Å²) in [4.78, 5) is 32.8. The third-order valence-corrected chi connectivity index (χ3v) is 6.42. The van der Waals surface area contributed by atoms with Crippen LogP contribution in [0.25, 0.3) is 16.7 Å². The van der Waals surface area contributed by atoms with Crippen molar-refractivity contribution < 1.29 is 9.18 Å². The van der Waals surface area contributed by atoms with Gasteiger partial charge in [0.05, 0.1) is 17.6 Å². The quantitative estimate of drug-likeness (QED) is 0.304. The summed E-state index contributed by atoms with van der Waals surface area (Å²) in [5, 5.41) is 7.24. The Balaban J connectivity index is 1.34. The molecule has 0 saturated heterocycles. The SMILES string of the molecule is Cc1ccc2c(c1)n(Cc1cccc(F)c1)c(=O)c1nc(C(=O)NCCCN(C)Cc3ccccc3)nn12. The second-order valence-corrected chi connectivity index (χ2v) is 9.52. The molecule has 0 radical (unpaired) electrons. The van der Waals surface area contributed by atoms with Crippen molar-refractivity contribution in [2.75, 3.05) is 20.1 Å². The van der Waals surface area contributed by atoms with E-state index in [4.69, 9.17) is 0 Å². The molecule has 9 heteroatoms. The van der Waals surface area contributed by atoms with Crippen molar-refractivity contribution in [3.63, 3.8) is 0 Å². The molecule has 38 heavy (non-hydrogen) atoms.